The van der Waals surface area contributed by atoms with E-state index in [9.17, 15) is 13.6 Å². The lowest BCUT2D eigenvalue weighted by atomic mass is 9.97. The molecule has 2 aromatic rings. The number of halogens is 2. The van der Waals surface area contributed by atoms with Crippen molar-refractivity contribution in [2.45, 2.75) is 32.5 Å². The Kier molecular flexibility index (Phi) is 5.91. The first-order valence-electron chi connectivity index (χ1n) is 10.4. The van der Waals surface area contributed by atoms with E-state index in [-0.39, 0.29) is 11.5 Å². The standard InChI is InChI=1S/C23H25F2N5O/c1-13(2)11-30-6-5-20(19(25)12-30)28-23(31)21-18-8-14(3-4-17(18)22(26)29-21)15-7-16(24)10-27-9-15/h3-4,7-10,13,19-20,26H,5-6,11-12H2,1-2H3,(H,28,31)/t19-,20-/m1/s1. The third-order valence-corrected chi connectivity index (χ3v) is 5.57. The number of nitrogens with zero attached hydrogens (tertiary/aromatic N) is 3. The summed E-state index contributed by atoms with van der Waals surface area (Å²) in [6.45, 7) is 6.04. The smallest absolute Gasteiger partial charge is 0.270 e. The number of nitrogens with one attached hydrogen (secondary N) is 2. The van der Waals surface area contributed by atoms with Crippen molar-refractivity contribution in [1.82, 2.24) is 15.2 Å². The van der Waals surface area contributed by atoms with Crippen molar-refractivity contribution < 1.29 is 13.6 Å². The Morgan fingerprint density at radius 1 is 1.26 bits per heavy atom. The summed E-state index contributed by atoms with van der Waals surface area (Å²) in [6, 6.07) is 5.88. The Morgan fingerprint density at radius 2 is 2.06 bits per heavy atom. The van der Waals surface area contributed by atoms with Crippen LogP contribution in [0.25, 0.3) is 11.1 Å². The first kappa shape index (κ1) is 21.2. The van der Waals surface area contributed by atoms with E-state index in [1.54, 1.807) is 18.2 Å². The average molecular weight is 425 g/mol. The van der Waals surface area contributed by atoms with Gasteiger partial charge >= 0.3 is 0 Å². The number of hydrogen-bond donors (Lipinski definition) is 2. The van der Waals surface area contributed by atoms with E-state index in [1.807, 2.05) is 0 Å². The number of aliphatic imine (C=N–C) groups is 1. The number of aromatic nitrogens is 1. The van der Waals surface area contributed by atoms with Gasteiger partial charge in [-0.2, -0.15) is 0 Å². The summed E-state index contributed by atoms with van der Waals surface area (Å²) in [6.07, 6.45) is 2.00. The summed E-state index contributed by atoms with van der Waals surface area (Å²) in [7, 11) is 0. The molecule has 0 aliphatic carbocycles. The molecule has 1 aromatic carbocycles. The number of amides is 1. The molecular formula is C23H25F2N5O. The van der Waals surface area contributed by atoms with Gasteiger partial charge in [0, 0.05) is 42.5 Å². The van der Waals surface area contributed by atoms with Gasteiger partial charge < -0.3 is 10.2 Å². The van der Waals surface area contributed by atoms with Crippen molar-refractivity contribution >= 4 is 17.5 Å². The number of amidine groups is 1. The lowest BCUT2D eigenvalue weighted by molar-refractivity contribution is -0.116. The fourth-order valence-electron chi connectivity index (χ4n) is 4.15. The second kappa shape index (κ2) is 8.63. The molecule has 2 atom stereocenters. The van der Waals surface area contributed by atoms with Crippen molar-refractivity contribution in [3.8, 4) is 11.1 Å². The maximum Gasteiger partial charge on any atom is 0.270 e. The lowest BCUT2D eigenvalue weighted by Gasteiger charge is -2.35. The minimum absolute atomic E-state index is 0.0207. The van der Waals surface area contributed by atoms with Crippen LogP contribution in [0.4, 0.5) is 8.78 Å². The molecule has 2 aliphatic rings. The minimum Gasteiger partial charge on any atom is -0.345 e. The van der Waals surface area contributed by atoms with Crippen molar-refractivity contribution in [2.75, 3.05) is 19.6 Å². The number of rotatable bonds is 5. The Balaban J connectivity index is 1.51. The molecule has 2 aliphatic heterocycles. The molecule has 0 radical (unpaired) electrons. The fraction of sp³-hybridized carbons (Fsp3) is 0.391. The Labute approximate surface area is 179 Å². The van der Waals surface area contributed by atoms with Crippen LogP contribution >= 0.6 is 0 Å². The number of carbonyl (C=O) groups excluding carboxylic acids is 1. The van der Waals surface area contributed by atoms with Gasteiger partial charge in [-0.3, -0.25) is 15.2 Å². The third kappa shape index (κ3) is 4.54. The lowest BCUT2D eigenvalue weighted by Crippen LogP contribution is -2.54. The molecule has 8 heteroatoms. The zero-order valence-corrected chi connectivity index (χ0v) is 17.5. The van der Waals surface area contributed by atoms with E-state index >= 15 is 0 Å². The normalized spacial score (nSPS) is 21.2. The molecule has 0 bridgehead atoms. The summed E-state index contributed by atoms with van der Waals surface area (Å²) < 4.78 is 28.3. The molecule has 0 unspecified atom stereocenters. The van der Waals surface area contributed by atoms with Gasteiger partial charge in [0.2, 0.25) is 0 Å². The Morgan fingerprint density at radius 3 is 2.77 bits per heavy atom. The molecule has 31 heavy (non-hydrogen) atoms. The first-order chi connectivity index (χ1) is 14.8. The van der Waals surface area contributed by atoms with Gasteiger partial charge in [-0.25, -0.2) is 13.8 Å². The van der Waals surface area contributed by atoms with Crippen LogP contribution in [0.1, 0.15) is 31.4 Å². The molecule has 2 N–H and O–H groups in total. The maximum absolute atomic E-state index is 14.7. The van der Waals surface area contributed by atoms with Gasteiger partial charge in [-0.05, 0) is 36.1 Å². The molecule has 4 rings (SSSR count). The molecule has 3 heterocycles. The number of benzene rings is 1. The van der Waals surface area contributed by atoms with Crippen LogP contribution in [0.3, 0.4) is 0 Å². The molecule has 1 fully saturated rings. The van der Waals surface area contributed by atoms with Crippen LogP contribution in [-0.2, 0) is 4.79 Å². The number of pyridine rings is 1. The van der Waals surface area contributed by atoms with Crippen molar-refractivity contribution in [2.24, 2.45) is 10.9 Å². The molecule has 162 valence electrons. The Hall–Kier alpha value is -3.00. The molecule has 1 aromatic heterocycles. The summed E-state index contributed by atoms with van der Waals surface area (Å²) in [5, 5.41) is 10.9. The maximum atomic E-state index is 14.7. The molecule has 0 saturated carbocycles. The number of fused-ring (bicyclic) bond motifs is 1. The monoisotopic (exact) mass is 425 g/mol. The summed E-state index contributed by atoms with van der Waals surface area (Å²) in [5.74, 6) is -0.526. The number of likely N-dealkylation sites (tertiary alicyclic amines) is 1. The predicted octanol–water partition coefficient (Wildman–Crippen LogP) is 3.20. The van der Waals surface area contributed by atoms with Crippen LogP contribution in [-0.4, -0.2) is 59.2 Å². The second-order valence-corrected chi connectivity index (χ2v) is 8.50. The Bertz CT molecular complexity index is 1050. The topological polar surface area (TPSA) is 81.4 Å². The van der Waals surface area contributed by atoms with Gasteiger partial charge in [0.05, 0.1) is 12.2 Å². The second-order valence-electron chi connectivity index (χ2n) is 8.50. The van der Waals surface area contributed by atoms with Gasteiger partial charge in [-0.1, -0.05) is 19.9 Å². The van der Waals surface area contributed by atoms with E-state index in [0.717, 1.165) is 19.3 Å². The number of alkyl halides is 1. The van der Waals surface area contributed by atoms with Crippen LogP contribution in [0.15, 0.2) is 41.7 Å². The highest BCUT2D eigenvalue weighted by molar-refractivity contribution is 6.50. The zero-order valence-electron chi connectivity index (χ0n) is 17.5. The van der Waals surface area contributed by atoms with Crippen LogP contribution in [0.5, 0.6) is 0 Å². The van der Waals surface area contributed by atoms with Crippen LogP contribution in [0, 0.1) is 17.1 Å². The van der Waals surface area contributed by atoms with E-state index in [1.165, 1.54) is 12.3 Å². The minimum atomic E-state index is -1.16. The highest BCUT2D eigenvalue weighted by Gasteiger charge is 2.33. The van der Waals surface area contributed by atoms with E-state index in [2.05, 4.69) is 34.0 Å². The molecule has 0 spiro atoms. The van der Waals surface area contributed by atoms with Gasteiger partial charge in [0.1, 0.15) is 17.7 Å². The van der Waals surface area contributed by atoms with Crippen molar-refractivity contribution in [1.29, 1.82) is 5.41 Å². The predicted molar refractivity (Wildman–Crippen MR) is 116 cm³/mol. The third-order valence-electron chi connectivity index (χ3n) is 5.57. The molecular weight excluding hydrogens is 400 g/mol. The SMILES string of the molecule is CC(C)CN1CC[C@@H](NC(=O)C2=NC(=N)c3ccc(-c4cncc(F)c4)cc32)[C@H](F)C1. The van der Waals surface area contributed by atoms with Crippen molar-refractivity contribution in [3.05, 3.63) is 53.6 Å². The van der Waals surface area contributed by atoms with Gasteiger partial charge in [0.15, 0.2) is 5.84 Å². The van der Waals surface area contributed by atoms with Gasteiger partial charge in [-0.15, -0.1) is 0 Å². The zero-order chi connectivity index (χ0) is 22.1. The van der Waals surface area contributed by atoms with E-state index in [4.69, 9.17) is 5.41 Å². The summed E-state index contributed by atoms with van der Waals surface area (Å²) in [5.41, 5.74) is 2.30. The summed E-state index contributed by atoms with van der Waals surface area (Å²) in [4.78, 5) is 23.0. The van der Waals surface area contributed by atoms with Gasteiger partial charge in [0.25, 0.3) is 5.91 Å². The molecule has 1 saturated heterocycles. The largest absolute Gasteiger partial charge is 0.345 e. The highest BCUT2D eigenvalue weighted by atomic mass is 19.1. The van der Waals surface area contributed by atoms with E-state index in [0.29, 0.717) is 41.1 Å². The number of piperidine rings is 1. The van der Waals surface area contributed by atoms with E-state index < -0.39 is 23.9 Å². The molecule has 1 amide bonds. The summed E-state index contributed by atoms with van der Waals surface area (Å²) >= 11 is 0. The number of carbonyl (C=O) groups is 1. The van der Waals surface area contributed by atoms with Crippen LogP contribution in [0.2, 0.25) is 0 Å². The first-order valence-corrected chi connectivity index (χ1v) is 10.4. The number of hydrogen-bond acceptors (Lipinski definition) is 4. The average Bonchev–Trinajstić information content (AvgIpc) is 3.06. The fourth-order valence-corrected chi connectivity index (χ4v) is 4.15. The molecule has 6 nitrogen and oxygen atoms in total. The highest BCUT2D eigenvalue weighted by Crippen LogP contribution is 2.27. The van der Waals surface area contributed by atoms with Crippen LogP contribution < -0.4 is 5.32 Å². The quantitative estimate of drug-likeness (QED) is 0.772. The van der Waals surface area contributed by atoms with Crippen molar-refractivity contribution in [3.63, 3.8) is 0 Å².